The summed E-state index contributed by atoms with van der Waals surface area (Å²) in [5.41, 5.74) is -0.0710. The number of ether oxygens (including phenoxy) is 1. The van der Waals surface area contributed by atoms with Gasteiger partial charge in [0.2, 0.25) is 0 Å². The molecule has 0 aliphatic heterocycles. The van der Waals surface area contributed by atoms with Crippen LogP contribution in [-0.2, 0) is 16.0 Å². The minimum absolute atomic E-state index is 0.319. The maximum atomic E-state index is 11.6. The number of aliphatic hydroxyl groups excluding tert-OH is 2. The predicted octanol–water partition coefficient (Wildman–Crippen LogP) is 0.721. The van der Waals surface area contributed by atoms with Crippen LogP contribution in [0.5, 0.6) is 0 Å². The molecule has 0 radical (unpaired) electrons. The summed E-state index contributed by atoms with van der Waals surface area (Å²) in [6.07, 6.45) is 0.378. The SMILES string of the molecule is CC(CO)(Cc1ccccc1)C(=O)OCO. The third-order valence-electron chi connectivity index (χ3n) is 2.47. The van der Waals surface area contributed by atoms with Crippen molar-refractivity contribution in [2.45, 2.75) is 13.3 Å². The monoisotopic (exact) mass is 224 g/mol. The summed E-state index contributed by atoms with van der Waals surface area (Å²) in [4.78, 5) is 11.6. The Morgan fingerprint density at radius 2 is 1.94 bits per heavy atom. The molecule has 1 unspecified atom stereocenters. The molecule has 16 heavy (non-hydrogen) atoms. The molecule has 1 rings (SSSR count). The van der Waals surface area contributed by atoms with E-state index < -0.39 is 18.2 Å². The van der Waals surface area contributed by atoms with E-state index in [1.807, 2.05) is 30.3 Å². The number of esters is 1. The van der Waals surface area contributed by atoms with E-state index in [2.05, 4.69) is 4.74 Å². The van der Waals surface area contributed by atoms with Crippen LogP contribution in [0.4, 0.5) is 0 Å². The van der Waals surface area contributed by atoms with Crippen molar-refractivity contribution in [2.75, 3.05) is 13.4 Å². The number of carbonyl (C=O) groups is 1. The molecule has 2 N–H and O–H groups in total. The molecule has 4 nitrogen and oxygen atoms in total. The van der Waals surface area contributed by atoms with Gasteiger partial charge in [0.25, 0.3) is 0 Å². The lowest BCUT2D eigenvalue weighted by molar-refractivity contribution is -0.165. The molecule has 0 fully saturated rings. The minimum atomic E-state index is -1.01. The lowest BCUT2D eigenvalue weighted by Crippen LogP contribution is -2.36. The van der Waals surface area contributed by atoms with E-state index in [0.29, 0.717) is 6.42 Å². The van der Waals surface area contributed by atoms with Crippen LogP contribution < -0.4 is 0 Å². The molecule has 0 aliphatic rings. The largest absolute Gasteiger partial charge is 0.438 e. The second-order valence-electron chi connectivity index (χ2n) is 3.94. The Morgan fingerprint density at radius 1 is 1.31 bits per heavy atom. The summed E-state index contributed by atoms with van der Waals surface area (Å²) >= 11 is 0. The van der Waals surface area contributed by atoms with E-state index in [9.17, 15) is 9.90 Å². The van der Waals surface area contributed by atoms with Crippen molar-refractivity contribution >= 4 is 5.97 Å². The predicted molar refractivity (Wildman–Crippen MR) is 58.5 cm³/mol. The van der Waals surface area contributed by atoms with Gasteiger partial charge in [-0.05, 0) is 18.9 Å². The first-order valence-electron chi connectivity index (χ1n) is 5.05. The summed E-state index contributed by atoms with van der Waals surface area (Å²) in [5.74, 6) is -0.596. The lowest BCUT2D eigenvalue weighted by Gasteiger charge is -2.24. The molecule has 1 aromatic rings. The molecule has 0 heterocycles. The molecule has 0 aromatic heterocycles. The van der Waals surface area contributed by atoms with Crippen molar-refractivity contribution < 1.29 is 19.7 Å². The van der Waals surface area contributed by atoms with E-state index in [1.165, 1.54) is 0 Å². The Bertz CT molecular complexity index is 336. The number of hydrogen-bond acceptors (Lipinski definition) is 4. The van der Waals surface area contributed by atoms with Crippen LogP contribution >= 0.6 is 0 Å². The topological polar surface area (TPSA) is 66.8 Å². The standard InChI is InChI=1S/C12H16O4/c1-12(8-13,11(15)16-9-14)7-10-5-3-2-4-6-10/h2-6,13-14H,7-9H2,1H3. The number of benzene rings is 1. The molecule has 0 saturated heterocycles. The van der Waals surface area contributed by atoms with E-state index in [-0.39, 0.29) is 6.61 Å². The summed E-state index contributed by atoms with van der Waals surface area (Å²) in [7, 11) is 0. The molecule has 0 amide bonds. The average molecular weight is 224 g/mol. The van der Waals surface area contributed by atoms with E-state index >= 15 is 0 Å². The highest BCUT2D eigenvalue weighted by molar-refractivity contribution is 5.76. The highest BCUT2D eigenvalue weighted by atomic mass is 16.6. The van der Waals surface area contributed by atoms with Crippen LogP contribution in [0.3, 0.4) is 0 Å². The van der Waals surface area contributed by atoms with Crippen LogP contribution in [-0.4, -0.2) is 29.6 Å². The van der Waals surface area contributed by atoms with Gasteiger partial charge in [-0.25, -0.2) is 0 Å². The third kappa shape index (κ3) is 3.05. The first-order valence-corrected chi connectivity index (χ1v) is 5.05. The quantitative estimate of drug-likeness (QED) is 0.571. The van der Waals surface area contributed by atoms with E-state index in [0.717, 1.165) is 5.56 Å². The van der Waals surface area contributed by atoms with Crippen molar-refractivity contribution in [3.05, 3.63) is 35.9 Å². The fourth-order valence-corrected chi connectivity index (χ4v) is 1.47. The van der Waals surface area contributed by atoms with Gasteiger partial charge in [-0.3, -0.25) is 4.79 Å². The van der Waals surface area contributed by atoms with Gasteiger partial charge in [0.05, 0.1) is 12.0 Å². The van der Waals surface area contributed by atoms with Gasteiger partial charge < -0.3 is 14.9 Å². The van der Waals surface area contributed by atoms with Crippen molar-refractivity contribution in [2.24, 2.45) is 5.41 Å². The van der Waals surface area contributed by atoms with Crippen molar-refractivity contribution in [1.82, 2.24) is 0 Å². The maximum Gasteiger partial charge on any atom is 0.316 e. The van der Waals surface area contributed by atoms with Gasteiger partial charge in [0.1, 0.15) is 0 Å². The molecule has 0 aliphatic carbocycles. The highest BCUT2D eigenvalue weighted by Crippen LogP contribution is 2.23. The van der Waals surface area contributed by atoms with Crippen LogP contribution in [0.25, 0.3) is 0 Å². The smallest absolute Gasteiger partial charge is 0.316 e. The number of aliphatic hydroxyl groups is 2. The molecule has 4 heteroatoms. The number of hydrogen-bond donors (Lipinski definition) is 2. The summed E-state index contributed by atoms with van der Waals surface area (Å²) < 4.78 is 4.53. The maximum absolute atomic E-state index is 11.6. The molecule has 0 saturated carbocycles. The summed E-state index contributed by atoms with van der Waals surface area (Å²) in [6, 6.07) is 9.36. The van der Waals surface area contributed by atoms with E-state index in [1.54, 1.807) is 6.92 Å². The van der Waals surface area contributed by atoms with Gasteiger partial charge in [-0.1, -0.05) is 30.3 Å². The summed E-state index contributed by atoms with van der Waals surface area (Å²) in [6.45, 7) is 0.627. The second-order valence-corrected chi connectivity index (χ2v) is 3.94. The average Bonchev–Trinajstić information content (AvgIpc) is 2.30. The van der Waals surface area contributed by atoms with Crippen molar-refractivity contribution in [1.29, 1.82) is 0 Å². The van der Waals surface area contributed by atoms with Crippen molar-refractivity contribution in [3.63, 3.8) is 0 Å². The fraction of sp³-hybridized carbons (Fsp3) is 0.417. The van der Waals surface area contributed by atoms with Crippen LogP contribution in [0.2, 0.25) is 0 Å². The zero-order valence-corrected chi connectivity index (χ0v) is 9.22. The molecule has 88 valence electrons. The first-order chi connectivity index (χ1) is 7.62. The second kappa shape index (κ2) is 5.63. The Balaban J connectivity index is 2.78. The zero-order valence-electron chi connectivity index (χ0n) is 9.22. The Labute approximate surface area is 94.5 Å². The van der Waals surface area contributed by atoms with Gasteiger partial charge in [0, 0.05) is 0 Å². The zero-order chi connectivity index (χ0) is 12.0. The van der Waals surface area contributed by atoms with Crippen LogP contribution in [0.15, 0.2) is 30.3 Å². The molecule has 1 aromatic carbocycles. The van der Waals surface area contributed by atoms with Gasteiger partial charge in [-0.15, -0.1) is 0 Å². The minimum Gasteiger partial charge on any atom is -0.438 e. The molecular formula is C12H16O4. The summed E-state index contributed by atoms with van der Waals surface area (Å²) in [5, 5.41) is 17.8. The highest BCUT2D eigenvalue weighted by Gasteiger charge is 2.34. The molecule has 0 spiro atoms. The molecule has 0 bridgehead atoms. The first kappa shape index (κ1) is 12.7. The van der Waals surface area contributed by atoms with Gasteiger partial charge in [-0.2, -0.15) is 0 Å². The fourth-order valence-electron chi connectivity index (χ4n) is 1.47. The third-order valence-corrected chi connectivity index (χ3v) is 2.47. The Hall–Kier alpha value is -1.39. The van der Waals surface area contributed by atoms with Gasteiger partial charge >= 0.3 is 5.97 Å². The van der Waals surface area contributed by atoms with Crippen molar-refractivity contribution in [3.8, 4) is 0 Å². The molecule has 1 atom stereocenters. The number of rotatable bonds is 5. The Morgan fingerprint density at radius 3 is 2.44 bits per heavy atom. The number of carbonyl (C=O) groups excluding carboxylic acids is 1. The molecular weight excluding hydrogens is 208 g/mol. The van der Waals surface area contributed by atoms with E-state index in [4.69, 9.17) is 5.11 Å². The normalized spacial score (nSPS) is 14.2. The van der Waals surface area contributed by atoms with Crippen LogP contribution in [0.1, 0.15) is 12.5 Å². The van der Waals surface area contributed by atoms with Crippen LogP contribution in [0, 0.1) is 5.41 Å². The van der Waals surface area contributed by atoms with Gasteiger partial charge in [0.15, 0.2) is 6.79 Å². The lowest BCUT2D eigenvalue weighted by atomic mass is 9.84. The Kier molecular flexibility index (Phi) is 4.46.